The number of aromatic nitrogens is 2. The largest absolute Gasteiger partial charge is 0.324 e. The van der Waals surface area contributed by atoms with Crippen molar-refractivity contribution in [3.63, 3.8) is 0 Å². The summed E-state index contributed by atoms with van der Waals surface area (Å²) < 4.78 is 3.34. The summed E-state index contributed by atoms with van der Waals surface area (Å²) in [7, 11) is 0. The molecule has 2 heterocycles. The van der Waals surface area contributed by atoms with Gasteiger partial charge < -0.3 is 4.57 Å². The lowest BCUT2D eigenvalue weighted by molar-refractivity contribution is 0.536. The van der Waals surface area contributed by atoms with Crippen LogP contribution in [0, 0.1) is 17.2 Å². The summed E-state index contributed by atoms with van der Waals surface area (Å²) in [4.78, 5) is 4.76. The highest BCUT2D eigenvalue weighted by Gasteiger charge is 2.15. The van der Waals surface area contributed by atoms with Crippen molar-refractivity contribution in [3.8, 4) is 17.5 Å². The van der Waals surface area contributed by atoms with Crippen LogP contribution in [0.25, 0.3) is 22.4 Å². The Labute approximate surface area is 136 Å². The van der Waals surface area contributed by atoms with E-state index in [1.165, 1.54) is 0 Å². The van der Waals surface area contributed by atoms with Crippen LogP contribution >= 0.6 is 27.3 Å². The van der Waals surface area contributed by atoms with Gasteiger partial charge in [0.25, 0.3) is 0 Å². The third-order valence-electron chi connectivity index (χ3n) is 3.25. The van der Waals surface area contributed by atoms with E-state index in [0.717, 1.165) is 32.8 Å². The number of nitriles is 1. The van der Waals surface area contributed by atoms with Crippen molar-refractivity contribution in [2.75, 3.05) is 0 Å². The standard InChI is InChI=1S/C16H14BrN3S/c1-10(2)8-20-14-4-3-11(7-18)5-13(14)19-16(20)12-6-15(17)21-9-12/h3-6,9-10H,8H2,1-2H3. The second-order valence-corrected chi connectivity index (χ2v) is 7.69. The van der Waals surface area contributed by atoms with Crippen LogP contribution in [0.4, 0.5) is 0 Å². The number of hydrogen-bond donors (Lipinski definition) is 0. The lowest BCUT2D eigenvalue weighted by Gasteiger charge is -2.11. The molecule has 3 aromatic rings. The molecule has 0 saturated carbocycles. The second-order valence-electron chi connectivity index (χ2n) is 5.39. The van der Waals surface area contributed by atoms with Crippen LogP contribution in [0.5, 0.6) is 0 Å². The molecule has 3 nitrogen and oxygen atoms in total. The average Bonchev–Trinajstić information content (AvgIpc) is 3.02. The molecule has 0 radical (unpaired) electrons. The Morgan fingerprint density at radius 3 is 2.81 bits per heavy atom. The number of benzene rings is 1. The minimum absolute atomic E-state index is 0.527. The fourth-order valence-corrected chi connectivity index (χ4v) is 3.53. The first-order valence-electron chi connectivity index (χ1n) is 6.73. The molecule has 0 spiro atoms. The van der Waals surface area contributed by atoms with Crippen LogP contribution in [-0.4, -0.2) is 9.55 Å². The molecule has 0 bridgehead atoms. The molecule has 0 aliphatic heterocycles. The fourth-order valence-electron chi connectivity index (χ4n) is 2.40. The van der Waals surface area contributed by atoms with Gasteiger partial charge in [-0.2, -0.15) is 5.26 Å². The van der Waals surface area contributed by atoms with Gasteiger partial charge in [0.2, 0.25) is 0 Å². The van der Waals surface area contributed by atoms with Crippen LogP contribution in [0.3, 0.4) is 0 Å². The van der Waals surface area contributed by atoms with Crippen molar-refractivity contribution in [1.82, 2.24) is 9.55 Å². The van der Waals surface area contributed by atoms with Crippen molar-refractivity contribution < 1.29 is 0 Å². The maximum absolute atomic E-state index is 9.05. The average molecular weight is 360 g/mol. The normalized spacial score (nSPS) is 11.2. The van der Waals surface area contributed by atoms with E-state index in [0.29, 0.717) is 11.5 Å². The fraction of sp³-hybridized carbons (Fsp3) is 0.250. The summed E-state index contributed by atoms with van der Waals surface area (Å²) in [6, 6.07) is 9.98. The molecule has 21 heavy (non-hydrogen) atoms. The molecule has 0 aliphatic carbocycles. The number of nitrogens with zero attached hydrogens (tertiary/aromatic N) is 3. The zero-order chi connectivity index (χ0) is 15.0. The van der Waals surface area contributed by atoms with Crippen LogP contribution in [-0.2, 0) is 6.54 Å². The molecule has 0 unspecified atom stereocenters. The zero-order valence-corrected chi connectivity index (χ0v) is 14.2. The van der Waals surface area contributed by atoms with Crippen LogP contribution in [0.2, 0.25) is 0 Å². The summed E-state index contributed by atoms with van der Waals surface area (Å²) in [5.74, 6) is 1.50. The summed E-state index contributed by atoms with van der Waals surface area (Å²) in [5, 5.41) is 11.2. The van der Waals surface area contributed by atoms with Gasteiger partial charge in [-0.15, -0.1) is 11.3 Å². The number of imidazole rings is 1. The van der Waals surface area contributed by atoms with Gasteiger partial charge in [0.05, 0.1) is 26.5 Å². The minimum Gasteiger partial charge on any atom is -0.324 e. The molecular weight excluding hydrogens is 346 g/mol. The van der Waals surface area contributed by atoms with E-state index in [9.17, 15) is 0 Å². The predicted octanol–water partition coefficient (Wildman–Crippen LogP) is 5.05. The van der Waals surface area contributed by atoms with E-state index in [1.54, 1.807) is 11.3 Å². The first-order valence-corrected chi connectivity index (χ1v) is 8.40. The van der Waals surface area contributed by atoms with Gasteiger partial charge in [-0.05, 0) is 46.1 Å². The van der Waals surface area contributed by atoms with Crippen LogP contribution in [0.15, 0.2) is 33.4 Å². The Hall–Kier alpha value is -1.64. The van der Waals surface area contributed by atoms with E-state index in [1.807, 2.05) is 18.2 Å². The van der Waals surface area contributed by atoms with E-state index in [-0.39, 0.29) is 0 Å². The smallest absolute Gasteiger partial charge is 0.142 e. The number of rotatable bonds is 3. The van der Waals surface area contributed by atoms with Gasteiger partial charge in [0.15, 0.2) is 0 Å². The maximum atomic E-state index is 9.05. The summed E-state index contributed by atoms with van der Waals surface area (Å²) in [6.45, 7) is 5.30. The Bertz CT molecular complexity index is 839. The highest BCUT2D eigenvalue weighted by atomic mass is 79.9. The molecular formula is C16H14BrN3S. The Morgan fingerprint density at radius 1 is 1.38 bits per heavy atom. The van der Waals surface area contributed by atoms with Crippen molar-refractivity contribution in [1.29, 1.82) is 5.26 Å². The van der Waals surface area contributed by atoms with Crippen LogP contribution in [0.1, 0.15) is 19.4 Å². The maximum Gasteiger partial charge on any atom is 0.142 e. The number of hydrogen-bond acceptors (Lipinski definition) is 3. The molecule has 0 fully saturated rings. The van der Waals surface area contributed by atoms with E-state index in [4.69, 9.17) is 10.2 Å². The number of thiophene rings is 1. The lowest BCUT2D eigenvalue weighted by atomic mass is 10.2. The molecule has 0 saturated heterocycles. The monoisotopic (exact) mass is 359 g/mol. The number of fused-ring (bicyclic) bond motifs is 1. The van der Waals surface area contributed by atoms with Crippen molar-refractivity contribution in [2.24, 2.45) is 5.92 Å². The summed E-state index contributed by atoms with van der Waals surface area (Å²) in [5.41, 5.74) is 3.73. The molecule has 2 aromatic heterocycles. The van der Waals surface area contributed by atoms with Crippen LogP contribution < -0.4 is 0 Å². The Kier molecular flexibility index (Phi) is 3.83. The van der Waals surface area contributed by atoms with E-state index in [2.05, 4.69) is 51.9 Å². The van der Waals surface area contributed by atoms with Crippen molar-refractivity contribution in [2.45, 2.75) is 20.4 Å². The zero-order valence-electron chi connectivity index (χ0n) is 11.8. The molecule has 5 heteroatoms. The summed E-state index contributed by atoms with van der Waals surface area (Å²) >= 11 is 5.17. The molecule has 0 amide bonds. The summed E-state index contributed by atoms with van der Waals surface area (Å²) in [6.07, 6.45) is 0. The Balaban J connectivity index is 2.24. The minimum atomic E-state index is 0.527. The third-order valence-corrected chi connectivity index (χ3v) is 4.76. The number of halogens is 1. The highest BCUT2D eigenvalue weighted by molar-refractivity contribution is 9.11. The van der Waals surface area contributed by atoms with Gasteiger partial charge in [0, 0.05) is 17.5 Å². The van der Waals surface area contributed by atoms with Gasteiger partial charge in [-0.3, -0.25) is 0 Å². The molecule has 0 atom stereocenters. The molecule has 0 aliphatic rings. The van der Waals surface area contributed by atoms with Gasteiger partial charge in [0.1, 0.15) is 5.82 Å². The van der Waals surface area contributed by atoms with Gasteiger partial charge in [-0.25, -0.2) is 4.98 Å². The van der Waals surface area contributed by atoms with Gasteiger partial charge in [-0.1, -0.05) is 13.8 Å². The Morgan fingerprint density at radius 2 is 2.19 bits per heavy atom. The second kappa shape index (κ2) is 5.63. The lowest BCUT2D eigenvalue weighted by Crippen LogP contribution is -2.05. The predicted molar refractivity (Wildman–Crippen MR) is 90.3 cm³/mol. The topological polar surface area (TPSA) is 41.6 Å². The van der Waals surface area contributed by atoms with E-state index < -0.39 is 0 Å². The first-order chi connectivity index (χ1) is 10.1. The highest BCUT2D eigenvalue weighted by Crippen LogP contribution is 2.31. The molecule has 0 N–H and O–H groups in total. The van der Waals surface area contributed by atoms with E-state index >= 15 is 0 Å². The van der Waals surface area contributed by atoms with Gasteiger partial charge >= 0.3 is 0 Å². The molecule has 106 valence electrons. The quantitative estimate of drug-likeness (QED) is 0.655. The first kappa shape index (κ1) is 14.3. The van der Waals surface area contributed by atoms with Crippen molar-refractivity contribution in [3.05, 3.63) is 39.0 Å². The molecule has 3 rings (SSSR count). The molecule has 1 aromatic carbocycles. The third kappa shape index (κ3) is 2.74. The van der Waals surface area contributed by atoms with Crippen molar-refractivity contribution >= 4 is 38.3 Å². The SMILES string of the molecule is CC(C)Cn1c(-c2csc(Br)c2)nc2cc(C#N)ccc21.